The topological polar surface area (TPSA) is 78.9 Å². The molecule has 0 N–H and O–H groups in total. The second-order valence-corrected chi connectivity index (χ2v) is 22.4. The Balaban J connectivity index is 4.28. The van der Waals surface area contributed by atoms with Crippen molar-refractivity contribution in [1.82, 2.24) is 0 Å². The van der Waals surface area contributed by atoms with Crippen LogP contribution >= 0.6 is 0 Å². The van der Waals surface area contributed by atoms with Crippen LogP contribution in [0.3, 0.4) is 0 Å². The van der Waals surface area contributed by atoms with E-state index >= 15 is 0 Å². The van der Waals surface area contributed by atoms with E-state index in [1.165, 1.54) is 238 Å². The van der Waals surface area contributed by atoms with Crippen LogP contribution < -0.4 is 0 Å². The van der Waals surface area contributed by atoms with Crippen LogP contribution in [0.4, 0.5) is 0 Å². The van der Waals surface area contributed by atoms with Gasteiger partial charge in [-0.05, 0) is 51.4 Å². The maximum Gasteiger partial charge on any atom is 0.306 e. The lowest BCUT2D eigenvalue weighted by Crippen LogP contribution is -2.30. The highest BCUT2D eigenvalue weighted by Crippen LogP contribution is 2.18. The summed E-state index contributed by atoms with van der Waals surface area (Å²) in [5, 5.41) is 0. The summed E-state index contributed by atoms with van der Waals surface area (Å²) in [5.74, 6) is -0.853. The minimum atomic E-state index is -0.774. The predicted molar refractivity (Wildman–Crippen MR) is 321 cm³/mol. The van der Waals surface area contributed by atoms with Crippen molar-refractivity contribution < 1.29 is 28.6 Å². The zero-order chi connectivity index (χ0) is 53.6. The Bertz CT molecular complexity index is 1240. The van der Waals surface area contributed by atoms with Gasteiger partial charge < -0.3 is 14.2 Å². The molecule has 6 heteroatoms. The van der Waals surface area contributed by atoms with Gasteiger partial charge in [0.15, 0.2) is 6.10 Å². The van der Waals surface area contributed by atoms with Gasteiger partial charge in [-0.3, -0.25) is 14.4 Å². The first-order valence-electron chi connectivity index (χ1n) is 33.0. The minimum absolute atomic E-state index is 0.0706. The van der Waals surface area contributed by atoms with Crippen molar-refractivity contribution in [2.45, 2.75) is 367 Å². The Hall–Kier alpha value is -2.37. The average molecular weight is 1040 g/mol. The van der Waals surface area contributed by atoms with Gasteiger partial charge in [-0.2, -0.15) is 0 Å². The molecule has 0 saturated carbocycles. The molecule has 0 aromatic heterocycles. The standard InChI is InChI=1S/C68H126O6/c1-4-7-10-13-16-19-22-25-28-31-32-33-34-35-36-38-40-43-46-49-52-55-58-61-67(70)73-64-65(63-72-66(69)60-57-54-51-48-45-42-39-30-27-24-21-18-15-12-9-6-3)74-68(71)62-59-56-53-50-47-44-41-37-29-26-23-20-17-14-11-8-5-2/h8,11,17,20,26,29,65H,4-7,9-10,12-16,18-19,21-25,27-28,30-64H2,1-3H3/b11-8-,20-17-,29-26-. The summed E-state index contributed by atoms with van der Waals surface area (Å²) in [5.41, 5.74) is 0. The molecule has 0 aliphatic carbocycles. The van der Waals surface area contributed by atoms with Crippen LogP contribution in [0, 0.1) is 0 Å². The molecular weight excluding hydrogens is 913 g/mol. The van der Waals surface area contributed by atoms with E-state index in [2.05, 4.69) is 57.2 Å². The first-order chi connectivity index (χ1) is 36.5. The summed E-state index contributed by atoms with van der Waals surface area (Å²) >= 11 is 0. The average Bonchev–Trinajstić information content (AvgIpc) is 3.40. The van der Waals surface area contributed by atoms with E-state index in [4.69, 9.17) is 14.2 Å². The molecule has 0 saturated heterocycles. The summed E-state index contributed by atoms with van der Waals surface area (Å²) in [6, 6.07) is 0. The van der Waals surface area contributed by atoms with Crippen LogP contribution in [0.25, 0.3) is 0 Å². The molecule has 0 spiro atoms. The summed E-state index contributed by atoms with van der Waals surface area (Å²) in [6.07, 6.45) is 77.3. The predicted octanol–water partition coefficient (Wildman–Crippen LogP) is 22.4. The van der Waals surface area contributed by atoms with Gasteiger partial charge in [-0.15, -0.1) is 0 Å². The zero-order valence-electron chi connectivity index (χ0n) is 49.9. The van der Waals surface area contributed by atoms with Crippen LogP contribution in [0.1, 0.15) is 361 Å². The fourth-order valence-corrected chi connectivity index (χ4v) is 9.99. The summed E-state index contributed by atoms with van der Waals surface area (Å²) < 4.78 is 17.0. The molecule has 434 valence electrons. The Morgan fingerprint density at radius 1 is 0.284 bits per heavy atom. The molecule has 0 radical (unpaired) electrons. The molecule has 0 aliphatic rings. The maximum atomic E-state index is 12.9. The number of ether oxygens (including phenoxy) is 3. The highest BCUT2D eigenvalue weighted by atomic mass is 16.6. The fraction of sp³-hybridized carbons (Fsp3) is 0.868. The van der Waals surface area contributed by atoms with Gasteiger partial charge in [0.05, 0.1) is 0 Å². The van der Waals surface area contributed by atoms with Crippen LogP contribution in [0.15, 0.2) is 36.5 Å². The number of carbonyl (C=O) groups excluding carboxylic acids is 3. The van der Waals surface area contributed by atoms with Crippen LogP contribution in [0.5, 0.6) is 0 Å². The van der Waals surface area contributed by atoms with Gasteiger partial charge in [-0.25, -0.2) is 0 Å². The molecule has 0 fully saturated rings. The molecule has 0 aromatic rings. The van der Waals surface area contributed by atoms with Crippen molar-refractivity contribution in [2.24, 2.45) is 0 Å². The second kappa shape index (κ2) is 63.2. The van der Waals surface area contributed by atoms with Crippen LogP contribution in [0.2, 0.25) is 0 Å². The SMILES string of the molecule is CC/C=C\C/C=C\C/C=C\CCCCCCCCCC(=O)OC(COC(=O)CCCCCCCCCCCCCCCCCC)COC(=O)CCCCCCCCCCCCCCCCCCCCCCCCC. The monoisotopic (exact) mass is 1040 g/mol. The van der Waals surface area contributed by atoms with E-state index in [1.807, 2.05) is 0 Å². The normalized spacial score (nSPS) is 12.2. The molecule has 0 aromatic carbocycles. The minimum Gasteiger partial charge on any atom is -0.462 e. The van der Waals surface area contributed by atoms with E-state index < -0.39 is 6.10 Å². The highest BCUT2D eigenvalue weighted by molar-refractivity contribution is 5.71. The van der Waals surface area contributed by atoms with Crippen LogP contribution in [-0.2, 0) is 28.6 Å². The molecule has 0 aliphatic heterocycles. The van der Waals surface area contributed by atoms with Gasteiger partial charge in [0, 0.05) is 19.3 Å². The number of hydrogen-bond acceptors (Lipinski definition) is 6. The lowest BCUT2D eigenvalue weighted by atomic mass is 10.0. The molecule has 74 heavy (non-hydrogen) atoms. The Morgan fingerprint density at radius 3 is 0.824 bits per heavy atom. The van der Waals surface area contributed by atoms with E-state index in [-0.39, 0.29) is 31.1 Å². The molecule has 0 bridgehead atoms. The Kier molecular flexibility index (Phi) is 61.1. The zero-order valence-corrected chi connectivity index (χ0v) is 49.9. The van der Waals surface area contributed by atoms with Crippen LogP contribution in [-0.4, -0.2) is 37.2 Å². The van der Waals surface area contributed by atoms with Crippen molar-refractivity contribution in [2.75, 3.05) is 13.2 Å². The van der Waals surface area contributed by atoms with Crippen molar-refractivity contribution in [3.63, 3.8) is 0 Å². The largest absolute Gasteiger partial charge is 0.462 e. The number of hydrogen-bond donors (Lipinski definition) is 0. The third kappa shape index (κ3) is 60.5. The third-order valence-corrected chi connectivity index (χ3v) is 14.9. The molecule has 0 heterocycles. The number of unbranched alkanes of at least 4 members (excludes halogenated alkanes) is 44. The second-order valence-electron chi connectivity index (χ2n) is 22.4. The first-order valence-corrected chi connectivity index (χ1v) is 33.0. The van der Waals surface area contributed by atoms with Gasteiger partial charge in [-0.1, -0.05) is 327 Å². The number of allylic oxidation sites excluding steroid dienone is 6. The van der Waals surface area contributed by atoms with Gasteiger partial charge in [0.2, 0.25) is 0 Å². The van der Waals surface area contributed by atoms with Gasteiger partial charge in [0.1, 0.15) is 13.2 Å². The fourth-order valence-electron chi connectivity index (χ4n) is 9.99. The summed E-state index contributed by atoms with van der Waals surface area (Å²) in [6.45, 7) is 6.59. The Morgan fingerprint density at radius 2 is 0.527 bits per heavy atom. The summed E-state index contributed by atoms with van der Waals surface area (Å²) in [7, 11) is 0. The summed E-state index contributed by atoms with van der Waals surface area (Å²) in [4.78, 5) is 38.3. The first kappa shape index (κ1) is 71.6. The maximum absolute atomic E-state index is 12.9. The van der Waals surface area contributed by atoms with Gasteiger partial charge >= 0.3 is 17.9 Å². The lowest BCUT2D eigenvalue weighted by Gasteiger charge is -2.18. The molecular formula is C68H126O6. The quantitative estimate of drug-likeness (QED) is 0.0261. The lowest BCUT2D eigenvalue weighted by molar-refractivity contribution is -0.167. The van der Waals surface area contributed by atoms with Crippen molar-refractivity contribution in [1.29, 1.82) is 0 Å². The smallest absolute Gasteiger partial charge is 0.306 e. The number of carbonyl (C=O) groups is 3. The van der Waals surface area contributed by atoms with E-state index in [1.54, 1.807) is 0 Å². The number of rotatable bonds is 61. The third-order valence-electron chi connectivity index (χ3n) is 14.9. The molecule has 1 atom stereocenters. The van der Waals surface area contributed by atoms with Crippen molar-refractivity contribution in [3.8, 4) is 0 Å². The molecule has 0 amide bonds. The van der Waals surface area contributed by atoms with E-state index in [9.17, 15) is 14.4 Å². The van der Waals surface area contributed by atoms with E-state index in [0.29, 0.717) is 19.3 Å². The molecule has 1 unspecified atom stereocenters. The number of esters is 3. The van der Waals surface area contributed by atoms with Crippen molar-refractivity contribution >= 4 is 17.9 Å². The van der Waals surface area contributed by atoms with E-state index in [0.717, 1.165) is 83.5 Å². The Labute approximate surface area is 461 Å². The van der Waals surface area contributed by atoms with Gasteiger partial charge in [0.25, 0.3) is 0 Å². The van der Waals surface area contributed by atoms with Crippen molar-refractivity contribution in [3.05, 3.63) is 36.5 Å². The molecule has 6 nitrogen and oxygen atoms in total. The molecule has 0 rings (SSSR count). The highest BCUT2D eigenvalue weighted by Gasteiger charge is 2.19.